The molecule has 1 N–H and O–H groups in total. The van der Waals surface area contributed by atoms with Gasteiger partial charge in [0.15, 0.2) is 0 Å². The second-order valence-electron chi connectivity index (χ2n) is 13.8. The Hall–Kier alpha value is -4.73. The number of hydrogen-bond acceptors (Lipinski definition) is 4. The molecule has 1 aliphatic heterocycles. The molecule has 11 heteroatoms. The van der Waals surface area contributed by atoms with Gasteiger partial charge < -0.3 is 19.0 Å². The minimum atomic E-state index is -0.979. The number of hydrogen-bond donors (Lipinski definition) is 1. The number of carbonyl (C=O) groups is 2. The normalized spacial score (nSPS) is 14.6. The van der Waals surface area contributed by atoms with Gasteiger partial charge in [0.2, 0.25) is 0 Å². The van der Waals surface area contributed by atoms with Crippen molar-refractivity contribution in [3.05, 3.63) is 97.4 Å². The van der Waals surface area contributed by atoms with Crippen molar-refractivity contribution >= 4 is 62.7 Å². The number of carboxylic acid groups (broad SMARTS) is 1. The fraction of sp³-hybridized carbons (Fsp3) is 0.325. The van der Waals surface area contributed by atoms with E-state index < -0.39 is 5.97 Å². The minimum Gasteiger partial charge on any atom is -0.494 e. The number of aromatic carboxylic acids is 1. The van der Waals surface area contributed by atoms with Crippen LogP contribution in [-0.2, 0) is 20.5 Å². The van der Waals surface area contributed by atoms with Crippen LogP contribution < -0.4 is 9.64 Å². The number of aromatic nitrogens is 4. The molecule has 0 fully saturated rings. The standard InChI is InChI=1S/C40H41Cl2N5O4/c1-20-16-27(17-21(2)35(20)42)51-15-9-10-29-30-13-14-31(41)34(33-24(5)43-45(8)25(33)6)37(30)47-22(3)19-46(39(48)38(29)47)32-18-26-11-12-28(40(49)50)23(4)36(26)44(32)7/h11-14,16-18,22H,9-10,15,19H2,1-8H3,(H,49,50)/t22-/m1/s1. The molecule has 1 atom stereocenters. The lowest BCUT2D eigenvalue weighted by Crippen LogP contribution is -2.43. The summed E-state index contributed by atoms with van der Waals surface area (Å²) in [5, 5.41) is 17.7. The van der Waals surface area contributed by atoms with E-state index in [1.807, 2.05) is 99.3 Å². The van der Waals surface area contributed by atoms with Crippen molar-refractivity contribution in [3.8, 4) is 16.9 Å². The van der Waals surface area contributed by atoms with Gasteiger partial charge in [-0.3, -0.25) is 14.4 Å². The first-order valence-electron chi connectivity index (χ1n) is 17.1. The molecule has 3 aromatic heterocycles. The van der Waals surface area contributed by atoms with Gasteiger partial charge in [0.1, 0.15) is 17.3 Å². The molecule has 1 amide bonds. The van der Waals surface area contributed by atoms with E-state index in [9.17, 15) is 14.7 Å². The molecule has 4 heterocycles. The molecule has 1 aliphatic rings. The molecule has 0 radical (unpaired) electrons. The van der Waals surface area contributed by atoms with Crippen LogP contribution in [0.25, 0.3) is 32.9 Å². The number of carbonyl (C=O) groups excluding carboxylic acids is 1. The molecule has 264 valence electrons. The first-order chi connectivity index (χ1) is 24.2. The van der Waals surface area contributed by atoms with Crippen molar-refractivity contribution in [2.24, 2.45) is 14.1 Å². The third-order valence-electron chi connectivity index (χ3n) is 10.5. The van der Waals surface area contributed by atoms with E-state index >= 15 is 0 Å². The van der Waals surface area contributed by atoms with E-state index in [-0.39, 0.29) is 17.5 Å². The number of carboxylic acids is 1. The number of benzene rings is 3. The molecular formula is C40H41Cl2N5O4. The van der Waals surface area contributed by atoms with Crippen molar-refractivity contribution in [1.29, 1.82) is 0 Å². The second-order valence-corrected chi connectivity index (χ2v) is 14.6. The first-order valence-corrected chi connectivity index (χ1v) is 17.9. The molecule has 0 unspecified atom stereocenters. The summed E-state index contributed by atoms with van der Waals surface area (Å²) in [4.78, 5) is 28.8. The molecule has 0 bridgehead atoms. The second kappa shape index (κ2) is 12.8. The quantitative estimate of drug-likeness (QED) is 0.158. The lowest BCUT2D eigenvalue weighted by atomic mass is 9.98. The highest BCUT2D eigenvalue weighted by atomic mass is 35.5. The Morgan fingerprint density at radius 3 is 2.33 bits per heavy atom. The summed E-state index contributed by atoms with van der Waals surface area (Å²) in [6, 6.07) is 13.2. The summed E-state index contributed by atoms with van der Waals surface area (Å²) >= 11 is 13.5. The molecule has 0 saturated heterocycles. The summed E-state index contributed by atoms with van der Waals surface area (Å²) in [7, 11) is 3.82. The summed E-state index contributed by atoms with van der Waals surface area (Å²) in [6.07, 6.45) is 1.27. The van der Waals surface area contributed by atoms with Crippen LogP contribution in [-0.4, -0.2) is 49.0 Å². The molecule has 0 aliphatic carbocycles. The van der Waals surface area contributed by atoms with Crippen molar-refractivity contribution in [2.75, 3.05) is 18.1 Å². The Morgan fingerprint density at radius 2 is 1.69 bits per heavy atom. The Labute approximate surface area is 306 Å². The van der Waals surface area contributed by atoms with Gasteiger partial charge in [-0.25, -0.2) is 4.79 Å². The Bertz CT molecular complexity index is 2410. The first kappa shape index (κ1) is 34.7. The molecule has 6 aromatic rings. The average molecular weight is 727 g/mol. The van der Waals surface area contributed by atoms with Crippen LogP contribution in [0.4, 0.5) is 5.82 Å². The maximum atomic E-state index is 15.0. The van der Waals surface area contributed by atoms with E-state index in [1.165, 1.54) is 0 Å². The minimum absolute atomic E-state index is 0.117. The highest BCUT2D eigenvalue weighted by molar-refractivity contribution is 6.35. The van der Waals surface area contributed by atoms with Gasteiger partial charge in [-0.2, -0.15) is 5.10 Å². The number of nitrogens with zero attached hydrogens (tertiary/aromatic N) is 5. The maximum Gasteiger partial charge on any atom is 0.336 e. The van der Waals surface area contributed by atoms with E-state index in [0.29, 0.717) is 48.1 Å². The SMILES string of the molecule is Cc1cc(OCCCc2c3n(c4c(-c5c(C)nn(C)c5C)c(Cl)ccc24)[C@H](C)CN(c2cc4ccc(C(=O)O)c(C)c4n2C)C3=O)cc(C)c1Cl. The zero-order valence-corrected chi connectivity index (χ0v) is 31.6. The highest BCUT2D eigenvalue weighted by Crippen LogP contribution is 2.45. The van der Waals surface area contributed by atoms with Crippen LogP contribution in [0.2, 0.25) is 10.0 Å². The lowest BCUT2D eigenvalue weighted by molar-refractivity contribution is 0.0696. The Kier molecular flexibility index (Phi) is 8.71. The summed E-state index contributed by atoms with van der Waals surface area (Å²) in [6.45, 7) is 12.8. The van der Waals surface area contributed by atoms with Crippen LogP contribution in [0.3, 0.4) is 0 Å². The summed E-state index contributed by atoms with van der Waals surface area (Å²) in [5.74, 6) is 0.382. The summed E-state index contributed by atoms with van der Waals surface area (Å²) in [5.41, 5.74) is 9.82. The number of ether oxygens (including phenoxy) is 1. The van der Waals surface area contributed by atoms with Crippen molar-refractivity contribution in [1.82, 2.24) is 18.9 Å². The van der Waals surface area contributed by atoms with Crippen LogP contribution in [0.15, 0.2) is 42.5 Å². The molecule has 51 heavy (non-hydrogen) atoms. The highest BCUT2D eigenvalue weighted by Gasteiger charge is 2.38. The van der Waals surface area contributed by atoms with Gasteiger partial charge >= 0.3 is 5.97 Å². The third-order valence-corrected chi connectivity index (χ3v) is 11.4. The van der Waals surface area contributed by atoms with Gasteiger partial charge in [0.05, 0.1) is 33.9 Å². The maximum absolute atomic E-state index is 15.0. The number of halogens is 2. The Balaban J connectivity index is 1.37. The van der Waals surface area contributed by atoms with Crippen LogP contribution in [0.1, 0.15) is 73.9 Å². The fourth-order valence-electron chi connectivity index (χ4n) is 8.05. The number of amides is 1. The monoisotopic (exact) mass is 725 g/mol. The predicted octanol–water partition coefficient (Wildman–Crippen LogP) is 9.31. The molecule has 0 spiro atoms. The summed E-state index contributed by atoms with van der Waals surface area (Å²) < 4.78 is 12.2. The van der Waals surface area contributed by atoms with Crippen molar-refractivity contribution in [3.63, 3.8) is 0 Å². The number of aryl methyl sites for hydroxylation is 7. The molecule has 3 aromatic carbocycles. The topological polar surface area (TPSA) is 94.5 Å². The Morgan fingerprint density at radius 1 is 0.980 bits per heavy atom. The van der Waals surface area contributed by atoms with E-state index in [2.05, 4.69) is 11.5 Å². The van der Waals surface area contributed by atoms with Gasteiger partial charge in [-0.1, -0.05) is 35.3 Å². The number of rotatable bonds is 8. The van der Waals surface area contributed by atoms with Crippen molar-refractivity contribution < 1.29 is 19.4 Å². The average Bonchev–Trinajstić information content (AvgIpc) is 3.68. The fourth-order valence-corrected chi connectivity index (χ4v) is 8.41. The van der Waals surface area contributed by atoms with E-state index in [4.69, 9.17) is 33.0 Å². The molecule has 7 rings (SSSR count). The van der Waals surface area contributed by atoms with Gasteiger partial charge in [0.25, 0.3) is 5.91 Å². The largest absolute Gasteiger partial charge is 0.494 e. The zero-order chi connectivity index (χ0) is 36.6. The van der Waals surface area contributed by atoms with E-state index in [0.717, 1.165) is 71.8 Å². The van der Waals surface area contributed by atoms with Crippen LogP contribution >= 0.6 is 23.2 Å². The molecule has 9 nitrogen and oxygen atoms in total. The zero-order valence-electron chi connectivity index (χ0n) is 30.1. The van der Waals surface area contributed by atoms with Crippen LogP contribution in [0.5, 0.6) is 5.75 Å². The number of anilines is 1. The van der Waals surface area contributed by atoms with E-state index in [1.54, 1.807) is 6.07 Å². The van der Waals surface area contributed by atoms with Gasteiger partial charge in [0, 0.05) is 59.3 Å². The lowest BCUT2D eigenvalue weighted by Gasteiger charge is -2.34. The van der Waals surface area contributed by atoms with Gasteiger partial charge in [-0.05, 0) is 107 Å². The molecular weight excluding hydrogens is 685 g/mol. The van der Waals surface area contributed by atoms with Crippen LogP contribution in [0, 0.1) is 34.6 Å². The molecule has 0 saturated carbocycles. The number of fused-ring (bicyclic) bond motifs is 4. The third kappa shape index (κ3) is 5.49. The predicted molar refractivity (Wildman–Crippen MR) is 204 cm³/mol. The smallest absolute Gasteiger partial charge is 0.336 e. The van der Waals surface area contributed by atoms with Crippen molar-refractivity contribution in [2.45, 2.75) is 60.4 Å². The van der Waals surface area contributed by atoms with Gasteiger partial charge in [-0.15, -0.1) is 0 Å².